The Morgan fingerprint density at radius 3 is 2.95 bits per heavy atom. The average Bonchev–Trinajstić information content (AvgIpc) is 2.87. The summed E-state index contributed by atoms with van der Waals surface area (Å²) >= 11 is 0. The summed E-state index contributed by atoms with van der Waals surface area (Å²) in [5, 5.41) is 9.27. The number of aromatic nitrogens is 4. The highest BCUT2D eigenvalue weighted by Crippen LogP contribution is 2.17. The van der Waals surface area contributed by atoms with Crippen LogP contribution in [0.4, 0.5) is 0 Å². The highest BCUT2D eigenvalue weighted by Gasteiger charge is 2.10. The molecule has 0 saturated carbocycles. The van der Waals surface area contributed by atoms with Gasteiger partial charge in [-0.3, -0.25) is 9.19 Å². The number of rotatable bonds is 3. The van der Waals surface area contributed by atoms with Crippen LogP contribution in [-0.2, 0) is 17.3 Å². The fourth-order valence-corrected chi connectivity index (χ4v) is 2.66. The van der Waals surface area contributed by atoms with Gasteiger partial charge in [0.05, 0.1) is 22.9 Å². The summed E-state index contributed by atoms with van der Waals surface area (Å²) in [5.74, 6) is 0. The molecule has 0 amide bonds. The molecule has 2 aromatic heterocycles. The van der Waals surface area contributed by atoms with Gasteiger partial charge in [0.1, 0.15) is 6.33 Å². The molecule has 0 saturated heterocycles. The summed E-state index contributed by atoms with van der Waals surface area (Å²) in [6.07, 6.45) is 4.97. The fourth-order valence-electron chi connectivity index (χ4n) is 2.05. The van der Waals surface area contributed by atoms with E-state index in [-0.39, 0.29) is 0 Å². The molecule has 0 aliphatic rings. The molecule has 6 heteroatoms. The van der Waals surface area contributed by atoms with Crippen LogP contribution < -0.4 is 0 Å². The molecule has 0 aliphatic heterocycles. The molecule has 0 N–H and O–H groups in total. The van der Waals surface area contributed by atoms with E-state index in [1.807, 2.05) is 30.3 Å². The zero-order chi connectivity index (χ0) is 13.2. The van der Waals surface area contributed by atoms with Crippen LogP contribution in [0.2, 0.25) is 0 Å². The smallest absolute Gasteiger partial charge is 0.221 e. The minimum Gasteiger partial charge on any atom is -0.302 e. The van der Waals surface area contributed by atoms with Gasteiger partial charge in [0.2, 0.25) is 5.16 Å². The molecule has 0 bridgehead atoms. The van der Waals surface area contributed by atoms with Crippen LogP contribution in [0.3, 0.4) is 0 Å². The van der Waals surface area contributed by atoms with Crippen LogP contribution in [-0.4, -0.2) is 30.2 Å². The number of hydrogen-bond acceptors (Lipinski definition) is 4. The van der Waals surface area contributed by atoms with Crippen LogP contribution in [0.5, 0.6) is 0 Å². The second kappa shape index (κ2) is 4.89. The predicted molar refractivity (Wildman–Crippen MR) is 73.2 cm³/mol. The molecule has 3 aromatic rings. The zero-order valence-corrected chi connectivity index (χ0v) is 11.2. The first-order valence-electron chi connectivity index (χ1n) is 5.79. The van der Waals surface area contributed by atoms with Crippen molar-refractivity contribution in [1.82, 2.24) is 19.7 Å². The fraction of sp³-hybridized carbons (Fsp3) is 0.154. The van der Waals surface area contributed by atoms with Gasteiger partial charge in [-0.1, -0.05) is 24.3 Å². The third-order valence-electron chi connectivity index (χ3n) is 2.89. The maximum absolute atomic E-state index is 11.6. The lowest BCUT2D eigenvalue weighted by molar-refractivity contribution is 0.654. The number of benzene rings is 1. The van der Waals surface area contributed by atoms with Crippen LogP contribution >= 0.6 is 0 Å². The third kappa shape index (κ3) is 2.26. The van der Waals surface area contributed by atoms with Crippen LogP contribution in [0.1, 0.15) is 5.56 Å². The summed E-state index contributed by atoms with van der Waals surface area (Å²) in [4.78, 5) is 4.41. The van der Waals surface area contributed by atoms with E-state index in [2.05, 4.69) is 15.2 Å². The van der Waals surface area contributed by atoms with Gasteiger partial charge >= 0.3 is 0 Å². The van der Waals surface area contributed by atoms with Crippen LogP contribution in [0.25, 0.3) is 10.9 Å². The van der Waals surface area contributed by atoms with Gasteiger partial charge < -0.3 is 4.57 Å². The highest BCUT2D eigenvalue weighted by atomic mass is 32.2. The molecule has 0 radical (unpaired) electrons. The van der Waals surface area contributed by atoms with Gasteiger partial charge in [-0.05, 0) is 11.6 Å². The number of hydrogen-bond donors (Lipinski definition) is 0. The quantitative estimate of drug-likeness (QED) is 0.727. The van der Waals surface area contributed by atoms with Gasteiger partial charge in [0, 0.05) is 17.8 Å². The van der Waals surface area contributed by atoms with E-state index in [0.29, 0.717) is 11.7 Å². The van der Waals surface area contributed by atoms with Gasteiger partial charge in [-0.2, -0.15) is 0 Å². The molecule has 19 heavy (non-hydrogen) atoms. The molecular weight excluding hydrogens is 260 g/mol. The zero-order valence-electron chi connectivity index (χ0n) is 10.4. The number of para-hydroxylation sites is 1. The average molecular weight is 272 g/mol. The summed E-state index contributed by atoms with van der Waals surface area (Å²) in [7, 11) is -1.15. The van der Waals surface area contributed by atoms with E-state index >= 15 is 0 Å². The lowest BCUT2D eigenvalue weighted by atomic mass is 10.1. The van der Waals surface area contributed by atoms with Crippen molar-refractivity contribution in [2.24, 2.45) is 0 Å². The van der Waals surface area contributed by atoms with Crippen molar-refractivity contribution in [1.29, 1.82) is 0 Å². The van der Waals surface area contributed by atoms with Crippen molar-refractivity contribution in [2.45, 2.75) is 11.7 Å². The standard InChI is InChI=1S/C13H12N4OS/c1-19(18)13-16-15-9-17(13)8-11-5-2-4-10-6-3-7-14-12(10)11/h2-7,9H,8H2,1H3/t19-/m0/s1. The Morgan fingerprint density at radius 1 is 1.26 bits per heavy atom. The lowest BCUT2D eigenvalue weighted by Crippen LogP contribution is -2.06. The molecule has 0 spiro atoms. The molecule has 5 nitrogen and oxygen atoms in total. The van der Waals surface area contributed by atoms with Crippen LogP contribution in [0.15, 0.2) is 48.0 Å². The van der Waals surface area contributed by atoms with Crippen molar-refractivity contribution in [3.63, 3.8) is 0 Å². The van der Waals surface area contributed by atoms with Gasteiger partial charge in [0.15, 0.2) is 0 Å². The normalized spacial score (nSPS) is 12.7. The Bertz CT molecular complexity index is 748. The maximum atomic E-state index is 11.6. The molecule has 96 valence electrons. The minimum absolute atomic E-state index is 0.480. The van der Waals surface area contributed by atoms with Crippen molar-refractivity contribution in [3.05, 3.63) is 48.4 Å². The Balaban J connectivity index is 2.06. The van der Waals surface area contributed by atoms with Gasteiger partial charge in [0.25, 0.3) is 0 Å². The van der Waals surface area contributed by atoms with Crippen molar-refractivity contribution < 1.29 is 4.21 Å². The van der Waals surface area contributed by atoms with Crippen molar-refractivity contribution in [3.8, 4) is 0 Å². The molecule has 2 heterocycles. The van der Waals surface area contributed by atoms with E-state index in [9.17, 15) is 4.21 Å². The molecule has 1 aromatic carbocycles. The van der Waals surface area contributed by atoms with Crippen molar-refractivity contribution >= 4 is 21.7 Å². The van der Waals surface area contributed by atoms with E-state index < -0.39 is 10.8 Å². The summed E-state index contributed by atoms with van der Waals surface area (Å²) in [5.41, 5.74) is 2.01. The van der Waals surface area contributed by atoms with E-state index in [0.717, 1.165) is 16.5 Å². The largest absolute Gasteiger partial charge is 0.302 e. The molecule has 0 unspecified atom stereocenters. The second-order valence-corrected chi connectivity index (χ2v) is 5.46. The van der Waals surface area contributed by atoms with E-state index in [4.69, 9.17) is 0 Å². The van der Waals surface area contributed by atoms with E-state index in [1.54, 1.807) is 23.3 Å². The Labute approximate surface area is 112 Å². The molecule has 0 fully saturated rings. The minimum atomic E-state index is -1.15. The third-order valence-corrected chi connectivity index (χ3v) is 3.72. The van der Waals surface area contributed by atoms with Gasteiger partial charge in [-0.25, -0.2) is 0 Å². The van der Waals surface area contributed by atoms with Crippen molar-refractivity contribution in [2.75, 3.05) is 6.26 Å². The summed E-state index contributed by atoms with van der Waals surface area (Å²) < 4.78 is 13.3. The monoisotopic (exact) mass is 272 g/mol. The predicted octanol–water partition coefficient (Wildman–Crippen LogP) is 1.61. The molecular formula is C13H12N4OS. The molecule has 0 aliphatic carbocycles. The second-order valence-electron chi connectivity index (χ2n) is 4.19. The summed E-state index contributed by atoms with van der Waals surface area (Å²) in [6, 6.07) is 9.97. The molecule has 1 atom stereocenters. The Morgan fingerprint density at radius 2 is 2.11 bits per heavy atom. The Kier molecular flexibility index (Phi) is 3.08. The Hall–Kier alpha value is -2.08. The van der Waals surface area contributed by atoms with Crippen LogP contribution in [0, 0.1) is 0 Å². The van der Waals surface area contributed by atoms with E-state index in [1.165, 1.54) is 0 Å². The SMILES string of the molecule is C[S@](=O)c1nncn1Cc1cccc2cccnc12. The first-order chi connectivity index (χ1) is 9.25. The molecule has 3 rings (SSSR count). The number of nitrogens with zero attached hydrogens (tertiary/aromatic N) is 4. The summed E-state index contributed by atoms with van der Waals surface area (Å²) in [6.45, 7) is 0.566. The number of fused-ring (bicyclic) bond motifs is 1. The highest BCUT2D eigenvalue weighted by molar-refractivity contribution is 7.84. The van der Waals surface area contributed by atoms with Gasteiger partial charge in [-0.15, -0.1) is 10.2 Å². The lowest BCUT2D eigenvalue weighted by Gasteiger charge is -2.07. The number of pyridine rings is 1. The maximum Gasteiger partial charge on any atom is 0.221 e. The first-order valence-corrected chi connectivity index (χ1v) is 7.35. The first kappa shape index (κ1) is 12.0. The topological polar surface area (TPSA) is 60.7 Å².